The van der Waals surface area contributed by atoms with Crippen LogP contribution in [-0.4, -0.2) is 64.2 Å². The van der Waals surface area contributed by atoms with E-state index in [4.69, 9.17) is 35.9 Å². The van der Waals surface area contributed by atoms with Crippen LogP contribution in [0.3, 0.4) is 0 Å². The summed E-state index contributed by atoms with van der Waals surface area (Å²) >= 11 is 7.66. The first-order valence-electron chi connectivity index (χ1n) is 13.1. The van der Waals surface area contributed by atoms with Crippen molar-refractivity contribution in [3.63, 3.8) is 0 Å². The fourth-order valence-corrected chi connectivity index (χ4v) is 6.23. The molecule has 39 heavy (non-hydrogen) atoms. The molecule has 0 fully saturated rings. The molecule has 3 aromatic carbocycles. The van der Waals surface area contributed by atoms with E-state index >= 15 is 0 Å². The van der Waals surface area contributed by atoms with Crippen LogP contribution in [0.5, 0.6) is 28.7 Å². The Bertz CT molecular complexity index is 1300. The van der Waals surface area contributed by atoms with E-state index in [0.717, 1.165) is 70.9 Å². The molecule has 5 rings (SSSR count). The molecule has 0 amide bonds. The standard InChI is InChI=1S/C30H34N2O5S2/c1-31(15-17-34-22-11-13-26-27(19-22)37-20-36-26)14-6-7-16-35-25-12-10-21(33-3)18-23(25)29-30(38)32(2)24-8-4-5-9-28(24)39-29/h4-5,8-13,18-19,29H,6-7,14-17,20H2,1-3H3. The average Bonchev–Trinajstić information content (AvgIpc) is 3.43. The van der Waals surface area contributed by atoms with E-state index in [1.807, 2.05) is 43.4 Å². The normalized spacial score (nSPS) is 15.8. The molecule has 2 aliphatic rings. The van der Waals surface area contributed by atoms with Gasteiger partial charge in [0.25, 0.3) is 0 Å². The predicted octanol–water partition coefficient (Wildman–Crippen LogP) is 6.20. The number of nitrogens with zero attached hydrogens (tertiary/aromatic N) is 2. The number of para-hydroxylation sites is 1. The van der Waals surface area contributed by atoms with Crippen LogP contribution < -0.4 is 28.6 Å². The third-order valence-electron chi connectivity index (χ3n) is 6.80. The van der Waals surface area contributed by atoms with E-state index in [1.54, 1.807) is 18.9 Å². The summed E-state index contributed by atoms with van der Waals surface area (Å²) in [6, 6.07) is 20.0. The van der Waals surface area contributed by atoms with Gasteiger partial charge in [-0.1, -0.05) is 24.4 Å². The van der Waals surface area contributed by atoms with E-state index in [-0.39, 0.29) is 12.0 Å². The fourth-order valence-electron chi connectivity index (χ4n) is 4.56. The van der Waals surface area contributed by atoms with Crippen LogP contribution in [0.2, 0.25) is 0 Å². The number of thioether (sulfide) groups is 1. The highest BCUT2D eigenvalue weighted by Gasteiger charge is 2.31. The zero-order valence-electron chi connectivity index (χ0n) is 22.6. The Morgan fingerprint density at radius 3 is 2.64 bits per heavy atom. The molecule has 2 aliphatic heterocycles. The van der Waals surface area contributed by atoms with Gasteiger partial charge in [-0.25, -0.2) is 0 Å². The summed E-state index contributed by atoms with van der Waals surface area (Å²) in [4.78, 5) is 6.44. The van der Waals surface area contributed by atoms with Gasteiger partial charge in [-0.3, -0.25) is 0 Å². The molecule has 0 saturated carbocycles. The molecular formula is C30H34N2O5S2. The van der Waals surface area contributed by atoms with Gasteiger partial charge < -0.3 is 33.5 Å². The SMILES string of the molecule is COc1ccc(OCCCCN(C)CCOc2ccc3c(c2)OCO3)c(C2Sc3ccccc3N(C)C2=S)c1. The maximum absolute atomic E-state index is 6.31. The highest BCUT2D eigenvalue weighted by Crippen LogP contribution is 2.49. The number of benzene rings is 3. The number of methoxy groups -OCH3 is 1. The lowest BCUT2D eigenvalue weighted by Gasteiger charge is -2.34. The van der Waals surface area contributed by atoms with Crippen molar-refractivity contribution in [3.8, 4) is 28.7 Å². The number of hydrogen-bond acceptors (Lipinski definition) is 8. The van der Waals surface area contributed by atoms with Crippen LogP contribution in [0, 0.1) is 0 Å². The fraction of sp³-hybridized carbons (Fsp3) is 0.367. The van der Waals surface area contributed by atoms with E-state index in [0.29, 0.717) is 13.2 Å². The molecule has 1 unspecified atom stereocenters. The second kappa shape index (κ2) is 12.8. The molecule has 1 atom stereocenters. The zero-order valence-corrected chi connectivity index (χ0v) is 24.2. The molecule has 3 aromatic rings. The van der Waals surface area contributed by atoms with Gasteiger partial charge >= 0.3 is 0 Å². The first-order chi connectivity index (χ1) is 19.0. The van der Waals surface area contributed by atoms with Gasteiger partial charge in [0.2, 0.25) is 6.79 Å². The Morgan fingerprint density at radius 2 is 1.77 bits per heavy atom. The summed E-state index contributed by atoms with van der Waals surface area (Å²) < 4.78 is 28.5. The molecule has 0 radical (unpaired) electrons. The molecule has 7 nitrogen and oxygen atoms in total. The third-order valence-corrected chi connectivity index (χ3v) is 8.77. The van der Waals surface area contributed by atoms with Crippen molar-refractivity contribution in [3.05, 3.63) is 66.2 Å². The van der Waals surface area contributed by atoms with E-state index in [2.05, 4.69) is 41.1 Å². The lowest BCUT2D eigenvalue weighted by atomic mass is 10.1. The van der Waals surface area contributed by atoms with Crippen molar-refractivity contribution in [1.29, 1.82) is 0 Å². The summed E-state index contributed by atoms with van der Waals surface area (Å²) in [5.41, 5.74) is 2.18. The van der Waals surface area contributed by atoms with E-state index in [1.165, 1.54) is 4.90 Å². The summed E-state index contributed by atoms with van der Waals surface area (Å²) in [7, 11) is 5.83. The molecule has 0 spiro atoms. The van der Waals surface area contributed by atoms with Crippen molar-refractivity contribution < 1.29 is 23.7 Å². The maximum atomic E-state index is 6.31. The minimum atomic E-state index is -0.0270. The number of anilines is 1. The predicted molar refractivity (Wildman–Crippen MR) is 159 cm³/mol. The number of thiocarbonyl (C=S) groups is 1. The molecule has 2 heterocycles. The summed E-state index contributed by atoms with van der Waals surface area (Å²) in [6.07, 6.45) is 1.97. The van der Waals surface area contributed by atoms with Crippen molar-refractivity contribution in [2.24, 2.45) is 0 Å². The smallest absolute Gasteiger partial charge is 0.231 e. The Morgan fingerprint density at radius 1 is 0.949 bits per heavy atom. The van der Waals surface area contributed by atoms with Gasteiger partial charge in [0.15, 0.2) is 11.5 Å². The van der Waals surface area contributed by atoms with Crippen LogP contribution in [0.15, 0.2) is 65.6 Å². The Balaban J connectivity index is 1.10. The molecular weight excluding hydrogens is 532 g/mol. The van der Waals surface area contributed by atoms with E-state index < -0.39 is 0 Å². The highest BCUT2D eigenvalue weighted by molar-refractivity contribution is 8.01. The van der Waals surface area contributed by atoms with Crippen LogP contribution in [0.4, 0.5) is 5.69 Å². The van der Waals surface area contributed by atoms with Crippen molar-refractivity contribution in [1.82, 2.24) is 4.90 Å². The van der Waals surface area contributed by atoms with Gasteiger partial charge in [0.05, 0.1) is 24.7 Å². The number of hydrogen-bond donors (Lipinski definition) is 0. The monoisotopic (exact) mass is 566 g/mol. The van der Waals surface area contributed by atoms with Crippen molar-refractivity contribution in [2.45, 2.75) is 23.0 Å². The third kappa shape index (κ3) is 6.54. The number of unbranched alkanes of at least 4 members (excludes halogenated alkanes) is 1. The molecule has 0 N–H and O–H groups in total. The Labute approximate surface area is 239 Å². The summed E-state index contributed by atoms with van der Waals surface area (Å²) in [5.74, 6) is 3.95. The van der Waals surface area contributed by atoms with Gasteiger partial charge in [-0.2, -0.15) is 0 Å². The Kier molecular flexibility index (Phi) is 9.01. The number of ether oxygens (including phenoxy) is 5. The van der Waals surface area contributed by atoms with E-state index in [9.17, 15) is 0 Å². The van der Waals surface area contributed by atoms with Gasteiger partial charge in [0, 0.05) is 30.1 Å². The van der Waals surface area contributed by atoms with Crippen molar-refractivity contribution >= 4 is 34.7 Å². The topological polar surface area (TPSA) is 52.6 Å². The van der Waals surface area contributed by atoms with Crippen LogP contribution >= 0.6 is 24.0 Å². The number of rotatable bonds is 12. The molecule has 9 heteroatoms. The van der Waals surface area contributed by atoms with Crippen LogP contribution in [-0.2, 0) is 0 Å². The molecule has 0 bridgehead atoms. The largest absolute Gasteiger partial charge is 0.497 e. The first-order valence-corrected chi connectivity index (χ1v) is 14.4. The quantitative estimate of drug-likeness (QED) is 0.188. The second-order valence-corrected chi connectivity index (χ2v) is 11.1. The number of likely N-dealkylation sites (N-methyl/N-ethyl adjacent to an activating group) is 2. The van der Waals surface area contributed by atoms with Gasteiger partial charge in [0.1, 0.15) is 28.8 Å². The van der Waals surface area contributed by atoms with Crippen molar-refractivity contribution in [2.75, 3.05) is 59.2 Å². The first kappa shape index (κ1) is 27.4. The van der Waals surface area contributed by atoms with Crippen LogP contribution in [0.25, 0.3) is 0 Å². The highest BCUT2D eigenvalue weighted by atomic mass is 32.2. The minimum absolute atomic E-state index is 0.0270. The maximum Gasteiger partial charge on any atom is 0.231 e. The van der Waals surface area contributed by atoms with Gasteiger partial charge in [-0.15, -0.1) is 11.8 Å². The lowest BCUT2D eigenvalue weighted by Crippen LogP contribution is -2.32. The summed E-state index contributed by atoms with van der Waals surface area (Å²) in [5, 5.41) is -0.0270. The second-order valence-electron chi connectivity index (χ2n) is 9.49. The summed E-state index contributed by atoms with van der Waals surface area (Å²) in [6.45, 7) is 3.32. The number of fused-ring (bicyclic) bond motifs is 2. The lowest BCUT2D eigenvalue weighted by molar-refractivity contribution is 0.173. The molecule has 206 valence electrons. The van der Waals surface area contributed by atoms with Gasteiger partial charge in [-0.05, 0) is 68.9 Å². The van der Waals surface area contributed by atoms with Crippen LogP contribution in [0.1, 0.15) is 23.7 Å². The minimum Gasteiger partial charge on any atom is -0.497 e. The molecule has 0 aliphatic carbocycles. The zero-order chi connectivity index (χ0) is 27.2. The average molecular weight is 567 g/mol. The Hall–Kier alpha value is -3.14. The molecule has 0 aromatic heterocycles. The molecule has 0 saturated heterocycles.